The van der Waals surface area contributed by atoms with Gasteiger partial charge in [0.2, 0.25) is 0 Å². The molecule has 2 rings (SSSR count). The Kier molecular flexibility index (Phi) is 4.32. The molecule has 0 amide bonds. The number of methoxy groups -OCH3 is 1. The molecule has 0 radical (unpaired) electrons. The maximum absolute atomic E-state index is 12.0. The van der Waals surface area contributed by atoms with Gasteiger partial charge in [-0.25, -0.2) is 4.98 Å². The van der Waals surface area contributed by atoms with Crippen LogP contribution < -0.4 is 10.5 Å². The Morgan fingerprint density at radius 1 is 1.38 bits per heavy atom. The number of nitrogen functional groups attached to an aromatic ring is 1. The van der Waals surface area contributed by atoms with E-state index in [9.17, 15) is 4.79 Å². The second kappa shape index (κ2) is 5.85. The summed E-state index contributed by atoms with van der Waals surface area (Å²) >= 11 is 1.50. The fourth-order valence-electron chi connectivity index (χ4n) is 1.82. The molecule has 0 aliphatic rings. The molecular formula is C16H20N2O2S. The van der Waals surface area contributed by atoms with Crippen molar-refractivity contribution in [3.05, 3.63) is 28.6 Å². The summed E-state index contributed by atoms with van der Waals surface area (Å²) in [6.45, 7) is 5.77. The van der Waals surface area contributed by atoms with Gasteiger partial charge in [0.1, 0.15) is 16.5 Å². The average molecular weight is 304 g/mol. The summed E-state index contributed by atoms with van der Waals surface area (Å²) in [4.78, 5) is 16.6. The van der Waals surface area contributed by atoms with Crippen molar-refractivity contribution in [3.8, 4) is 17.0 Å². The first-order valence-electron chi connectivity index (χ1n) is 6.73. The summed E-state index contributed by atoms with van der Waals surface area (Å²) in [5, 5.41) is 2.78. The van der Waals surface area contributed by atoms with E-state index in [4.69, 9.17) is 10.5 Å². The first-order chi connectivity index (χ1) is 9.81. The van der Waals surface area contributed by atoms with Crippen molar-refractivity contribution in [2.24, 2.45) is 5.41 Å². The third-order valence-corrected chi connectivity index (χ3v) is 4.07. The number of nitrogens with zero attached hydrogens (tertiary/aromatic N) is 1. The predicted octanol–water partition coefficient (Wildman–Crippen LogP) is 3.56. The molecule has 5 heteroatoms. The molecule has 4 nitrogen and oxygen atoms in total. The Balaban J connectivity index is 2.20. The Hall–Kier alpha value is -1.88. The quantitative estimate of drug-likeness (QED) is 0.877. The summed E-state index contributed by atoms with van der Waals surface area (Å²) < 4.78 is 5.14. The number of benzene rings is 1. The van der Waals surface area contributed by atoms with E-state index in [1.807, 2.05) is 44.4 Å². The van der Waals surface area contributed by atoms with E-state index in [1.165, 1.54) is 11.3 Å². The Morgan fingerprint density at radius 2 is 2.10 bits per heavy atom. The molecule has 0 unspecified atom stereocenters. The molecule has 112 valence electrons. The van der Waals surface area contributed by atoms with Crippen molar-refractivity contribution in [2.45, 2.75) is 27.2 Å². The number of nitrogens with two attached hydrogens (primary N) is 1. The van der Waals surface area contributed by atoms with Gasteiger partial charge < -0.3 is 10.5 Å². The molecule has 0 atom stereocenters. The molecule has 1 heterocycles. The molecule has 0 spiro atoms. The van der Waals surface area contributed by atoms with Crippen LogP contribution in [0.3, 0.4) is 0 Å². The lowest BCUT2D eigenvalue weighted by atomic mass is 9.89. The van der Waals surface area contributed by atoms with Crippen molar-refractivity contribution in [3.63, 3.8) is 0 Å². The van der Waals surface area contributed by atoms with Crippen LogP contribution in [0.25, 0.3) is 11.3 Å². The predicted molar refractivity (Wildman–Crippen MR) is 86.7 cm³/mol. The molecule has 0 aliphatic heterocycles. The van der Waals surface area contributed by atoms with Crippen molar-refractivity contribution < 1.29 is 9.53 Å². The number of hydrogen-bond donors (Lipinski definition) is 1. The van der Waals surface area contributed by atoms with Gasteiger partial charge in [0.15, 0.2) is 0 Å². The maximum atomic E-state index is 12.0. The van der Waals surface area contributed by atoms with E-state index in [0.29, 0.717) is 17.9 Å². The first kappa shape index (κ1) is 15.5. The Morgan fingerprint density at radius 3 is 2.67 bits per heavy atom. The monoisotopic (exact) mass is 304 g/mol. The maximum Gasteiger partial charge on any atom is 0.144 e. The van der Waals surface area contributed by atoms with Gasteiger partial charge in [-0.3, -0.25) is 4.79 Å². The highest BCUT2D eigenvalue weighted by Crippen LogP contribution is 2.29. The number of carbonyl (C=O) groups excluding carboxylic acids is 1. The number of aromatic nitrogens is 1. The van der Waals surface area contributed by atoms with Crippen molar-refractivity contribution in [2.75, 3.05) is 12.8 Å². The molecule has 0 bridgehead atoms. The van der Waals surface area contributed by atoms with Crippen molar-refractivity contribution in [1.82, 2.24) is 4.98 Å². The SMILES string of the molecule is COc1ccc(-c2csc(CC(=O)C(C)(C)C)n2)cc1N. The van der Waals surface area contributed by atoms with Crippen LogP contribution in [0.2, 0.25) is 0 Å². The number of thiazole rings is 1. The second-order valence-electron chi connectivity index (χ2n) is 5.93. The Bertz CT molecular complexity index is 657. The molecule has 21 heavy (non-hydrogen) atoms. The molecule has 0 fully saturated rings. The Labute approximate surface area is 129 Å². The van der Waals surface area contributed by atoms with Gasteiger partial charge in [0, 0.05) is 16.4 Å². The minimum absolute atomic E-state index is 0.192. The fourth-order valence-corrected chi connectivity index (χ4v) is 2.62. The molecule has 1 aromatic carbocycles. The summed E-state index contributed by atoms with van der Waals surface area (Å²) in [7, 11) is 1.59. The highest BCUT2D eigenvalue weighted by atomic mass is 32.1. The number of carbonyl (C=O) groups is 1. The minimum atomic E-state index is -0.337. The van der Waals surface area contributed by atoms with Crippen LogP contribution in [-0.2, 0) is 11.2 Å². The van der Waals surface area contributed by atoms with Gasteiger partial charge in [-0.05, 0) is 18.2 Å². The van der Waals surface area contributed by atoms with Gasteiger partial charge in [-0.2, -0.15) is 0 Å². The van der Waals surface area contributed by atoms with Gasteiger partial charge in [-0.15, -0.1) is 11.3 Å². The third kappa shape index (κ3) is 3.61. The first-order valence-corrected chi connectivity index (χ1v) is 7.61. The van der Waals surface area contributed by atoms with Gasteiger partial charge in [-0.1, -0.05) is 20.8 Å². The zero-order valence-electron chi connectivity index (χ0n) is 12.8. The molecule has 2 aromatic rings. The molecule has 0 saturated carbocycles. The number of ketones is 1. The number of ether oxygens (including phenoxy) is 1. The van der Waals surface area contributed by atoms with Crippen molar-refractivity contribution in [1.29, 1.82) is 0 Å². The van der Waals surface area contributed by atoms with Crippen molar-refractivity contribution >= 4 is 22.8 Å². The third-order valence-electron chi connectivity index (χ3n) is 3.23. The van der Waals surface area contributed by atoms with E-state index >= 15 is 0 Å². The lowest BCUT2D eigenvalue weighted by Gasteiger charge is -2.15. The summed E-state index contributed by atoms with van der Waals surface area (Å²) in [6.07, 6.45) is 0.375. The summed E-state index contributed by atoms with van der Waals surface area (Å²) in [5.41, 5.74) is 7.92. The van der Waals surface area contributed by atoms with Crippen LogP contribution in [0.15, 0.2) is 23.6 Å². The van der Waals surface area contributed by atoms with Crippen LogP contribution >= 0.6 is 11.3 Å². The molecule has 1 aromatic heterocycles. The van der Waals surface area contributed by atoms with Gasteiger partial charge in [0.25, 0.3) is 0 Å². The van der Waals surface area contributed by atoms with E-state index < -0.39 is 0 Å². The normalized spacial score (nSPS) is 11.4. The largest absolute Gasteiger partial charge is 0.495 e. The smallest absolute Gasteiger partial charge is 0.144 e. The topological polar surface area (TPSA) is 65.2 Å². The standard InChI is InChI=1S/C16H20N2O2S/c1-16(2,3)14(19)8-15-18-12(9-21-15)10-5-6-13(20-4)11(17)7-10/h5-7,9H,8,17H2,1-4H3. The second-order valence-corrected chi connectivity index (χ2v) is 6.88. The van der Waals surface area contributed by atoms with Crippen LogP contribution in [0, 0.1) is 5.41 Å². The van der Waals surface area contributed by atoms with Crippen LogP contribution in [0.5, 0.6) is 5.75 Å². The summed E-state index contributed by atoms with van der Waals surface area (Å²) in [5.74, 6) is 0.842. The minimum Gasteiger partial charge on any atom is -0.495 e. The van der Waals surface area contributed by atoms with Crippen LogP contribution in [-0.4, -0.2) is 17.9 Å². The van der Waals surface area contributed by atoms with Gasteiger partial charge >= 0.3 is 0 Å². The van der Waals surface area contributed by atoms with E-state index in [-0.39, 0.29) is 11.2 Å². The number of Topliss-reactive ketones (excluding diaryl/α,β-unsaturated/α-hetero) is 1. The molecule has 0 saturated heterocycles. The lowest BCUT2D eigenvalue weighted by Crippen LogP contribution is -2.21. The average Bonchev–Trinajstić information content (AvgIpc) is 2.86. The molecule has 0 aliphatic carbocycles. The number of anilines is 1. The lowest BCUT2D eigenvalue weighted by molar-refractivity contribution is -0.125. The zero-order chi connectivity index (χ0) is 15.6. The highest BCUT2D eigenvalue weighted by Gasteiger charge is 2.22. The molecular weight excluding hydrogens is 284 g/mol. The van der Waals surface area contributed by atoms with E-state index in [1.54, 1.807) is 7.11 Å². The zero-order valence-corrected chi connectivity index (χ0v) is 13.6. The van der Waals surface area contributed by atoms with Gasteiger partial charge in [0.05, 0.1) is 24.9 Å². The van der Waals surface area contributed by atoms with Crippen LogP contribution in [0.4, 0.5) is 5.69 Å². The highest BCUT2D eigenvalue weighted by molar-refractivity contribution is 7.10. The summed E-state index contributed by atoms with van der Waals surface area (Å²) in [6, 6.07) is 5.58. The fraction of sp³-hybridized carbons (Fsp3) is 0.375. The number of rotatable bonds is 4. The number of hydrogen-bond acceptors (Lipinski definition) is 5. The molecule has 2 N–H and O–H groups in total. The van der Waals surface area contributed by atoms with E-state index in [2.05, 4.69) is 4.98 Å². The van der Waals surface area contributed by atoms with E-state index in [0.717, 1.165) is 16.3 Å². The van der Waals surface area contributed by atoms with Crippen LogP contribution in [0.1, 0.15) is 25.8 Å².